The molecule has 0 atom stereocenters. The smallest absolute Gasteiger partial charge is 0.251 e. The predicted molar refractivity (Wildman–Crippen MR) is 67.8 cm³/mol. The number of nitrogens with one attached hydrogen (secondary N) is 1. The molecule has 0 radical (unpaired) electrons. The second-order valence-corrected chi connectivity index (χ2v) is 3.89. The third kappa shape index (κ3) is 3.15. The molecule has 1 amide bonds. The van der Waals surface area contributed by atoms with Crippen LogP contribution >= 0.6 is 0 Å². The van der Waals surface area contributed by atoms with Gasteiger partial charge in [0.1, 0.15) is 0 Å². The van der Waals surface area contributed by atoms with Gasteiger partial charge in [-0.3, -0.25) is 9.78 Å². The molecule has 0 saturated carbocycles. The number of rotatable bonds is 4. The largest absolute Gasteiger partial charge is 0.392 e. The van der Waals surface area contributed by atoms with Crippen molar-refractivity contribution in [3.05, 3.63) is 65.5 Å². The normalized spacial score (nSPS) is 10.1. The average Bonchev–Trinajstić information content (AvgIpc) is 2.46. The van der Waals surface area contributed by atoms with Crippen LogP contribution in [0, 0.1) is 0 Å². The Balaban J connectivity index is 1.93. The Morgan fingerprint density at radius 2 is 1.67 bits per heavy atom. The molecule has 0 aliphatic heterocycles. The lowest BCUT2D eigenvalue weighted by molar-refractivity contribution is 0.0951. The number of pyridine rings is 1. The molecule has 1 heterocycles. The lowest BCUT2D eigenvalue weighted by Gasteiger charge is -2.05. The van der Waals surface area contributed by atoms with Gasteiger partial charge >= 0.3 is 0 Å². The molecule has 4 nitrogen and oxygen atoms in total. The summed E-state index contributed by atoms with van der Waals surface area (Å²) in [5, 5.41) is 11.7. The fourth-order valence-electron chi connectivity index (χ4n) is 1.55. The van der Waals surface area contributed by atoms with Gasteiger partial charge in [-0.15, -0.1) is 0 Å². The molecule has 2 aromatic rings. The molecule has 4 heteroatoms. The van der Waals surface area contributed by atoms with E-state index in [1.165, 1.54) is 0 Å². The summed E-state index contributed by atoms with van der Waals surface area (Å²) in [6, 6.07) is 10.8. The van der Waals surface area contributed by atoms with Gasteiger partial charge in [0.05, 0.1) is 6.61 Å². The molecule has 0 spiro atoms. The zero-order valence-electron chi connectivity index (χ0n) is 9.84. The van der Waals surface area contributed by atoms with Crippen molar-refractivity contribution in [2.45, 2.75) is 13.2 Å². The molecule has 0 aliphatic rings. The van der Waals surface area contributed by atoms with Crippen molar-refractivity contribution >= 4 is 5.91 Å². The molecule has 2 rings (SSSR count). The van der Waals surface area contributed by atoms with Crippen molar-refractivity contribution in [2.24, 2.45) is 0 Å². The fraction of sp³-hybridized carbons (Fsp3) is 0.143. The first-order valence-electron chi connectivity index (χ1n) is 5.66. The van der Waals surface area contributed by atoms with Crippen LogP contribution in [-0.2, 0) is 13.2 Å². The standard InChI is InChI=1S/C14H14N2O2/c17-10-12-3-1-11(2-4-12)9-16-14(18)13-5-7-15-8-6-13/h1-8,17H,9-10H2,(H,16,18). The van der Waals surface area contributed by atoms with Crippen LogP contribution in [0.4, 0.5) is 0 Å². The predicted octanol–water partition coefficient (Wildman–Crippen LogP) is 1.50. The lowest BCUT2D eigenvalue weighted by Crippen LogP contribution is -2.22. The summed E-state index contributed by atoms with van der Waals surface area (Å²) in [7, 11) is 0. The minimum absolute atomic E-state index is 0.0314. The Labute approximate surface area is 105 Å². The number of hydrogen-bond acceptors (Lipinski definition) is 3. The third-order valence-electron chi connectivity index (χ3n) is 2.60. The van der Waals surface area contributed by atoms with Crippen molar-refractivity contribution in [1.82, 2.24) is 10.3 Å². The maximum atomic E-state index is 11.8. The second-order valence-electron chi connectivity index (χ2n) is 3.89. The Bertz CT molecular complexity index is 509. The maximum Gasteiger partial charge on any atom is 0.251 e. The average molecular weight is 242 g/mol. The zero-order chi connectivity index (χ0) is 12.8. The molecule has 0 fully saturated rings. The van der Waals surface area contributed by atoms with Crippen molar-refractivity contribution < 1.29 is 9.90 Å². The van der Waals surface area contributed by atoms with E-state index in [4.69, 9.17) is 5.11 Å². The van der Waals surface area contributed by atoms with Crippen molar-refractivity contribution in [2.75, 3.05) is 0 Å². The minimum atomic E-state index is -0.122. The molecule has 1 aromatic heterocycles. The molecule has 0 saturated heterocycles. The van der Waals surface area contributed by atoms with E-state index in [0.717, 1.165) is 11.1 Å². The van der Waals surface area contributed by atoms with E-state index in [2.05, 4.69) is 10.3 Å². The highest BCUT2D eigenvalue weighted by Crippen LogP contribution is 2.04. The Kier molecular flexibility index (Phi) is 4.04. The van der Waals surface area contributed by atoms with Crippen LogP contribution in [0.2, 0.25) is 0 Å². The molecule has 0 unspecified atom stereocenters. The number of aliphatic hydroxyl groups excluding tert-OH is 1. The summed E-state index contributed by atoms with van der Waals surface area (Å²) in [6.45, 7) is 0.497. The summed E-state index contributed by atoms with van der Waals surface area (Å²) in [4.78, 5) is 15.6. The first kappa shape index (κ1) is 12.3. The highest BCUT2D eigenvalue weighted by Gasteiger charge is 2.03. The minimum Gasteiger partial charge on any atom is -0.392 e. The topological polar surface area (TPSA) is 62.2 Å². The molecule has 18 heavy (non-hydrogen) atoms. The summed E-state index contributed by atoms with van der Waals surface area (Å²) < 4.78 is 0. The number of aromatic nitrogens is 1. The summed E-state index contributed by atoms with van der Waals surface area (Å²) in [6.07, 6.45) is 3.18. The number of hydrogen-bond donors (Lipinski definition) is 2. The van der Waals surface area contributed by atoms with Crippen LogP contribution in [-0.4, -0.2) is 16.0 Å². The van der Waals surface area contributed by atoms with E-state index in [-0.39, 0.29) is 12.5 Å². The van der Waals surface area contributed by atoms with E-state index < -0.39 is 0 Å². The quantitative estimate of drug-likeness (QED) is 0.854. The van der Waals surface area contributed by atoms with Gasteiger partial charge in [0.25, 0.3) is 5.91 Å². The monoisotopic (exact) mass is 242 g/mol. The SMILES string of the molecule is O=C(NCc1ccc(CO)cc1)c1ccncc1. The number of amides is 1. The zero-order valence-corrected chi connectivity index (χ0v) is 9.84. The van der Waals surface area contributed by atoms with Gasteiger partial charge in [-0.1, -0.05) is 24.3 Å². The van der Waals surface area contributed by atoms with Crippen molar-refractivity contribution in [3.63, 3.8) is 0 Å². The molecule has 1 aromatic carbocycles. The molecule has 92 valence electrons. The number of carbonyl (C=O) groups is 1. The fourth-order valence-corrected chi connectivity index (χ4v) is 1.55. The maximum absolute atomic E-state index is 11.8. The van der Waals surface area contributed by atoms with E-state index in [0.29, 0.717) is 12.1 Å². The lowest BCUT2D eigenvalue weighted by atomic mass is 10.1. The Morgan fingerprint density at radius 1 is 1.06 bits per heavy atom. The van der Waals surface area contributed by atoms with Crippen LogP contribution in [0.1, 0.15) is 21.5 Å². The van der Waals surface area contributed by atoms with Gasteiger partial charge in [-0.2, -0.15) is 0 Å². The van der Waals surface area contributed by atoms with Crippen LogP contribution in [0.15, 0.2) is 48.8 Å². The number of carbonyl (C=O) groups excluding carboxylic acids is 1. The van der Waals surface area contributed by atoms with Gasteiger partial charge in [0.2, 0.25) is 0 Å². The first-order valence-corrected chi connectivity index (χ1v) is 5.66. The van der Waals surface area contributed by atoms with Gasteiger partial charge in [-0.05, 0) is 23.3 Å². The number of aliphatic hydroxyl groups is 1. The van der Waals surface area contributed by atoms with Gasteiger partial charge in [-0.25, -0.2) is 0 Å². The second kappa shape index (κ2) is 5.93. The van der Waals surface area contributed by atoms with Crippen LogP contribution < -0.4 is 5.32 Å². The molecule has 0 bridgehead atoms. The van der Waals surface area contributed by atoms with Crippen LogP contribution in [0.3, 0.4) is 0 Å². The first-order chi connectivity index (χ1) is 8.79. The van der Waals surface area contributed by atoms with Gasteiger partial charge in [0, 0.05) is 24.5 Å². The molecule has 2 N–H and O–H groups in total. The molecular formula is C14H14N2O2. The number of nitrogens with zero attached hydrogens (tertiary/aromatic N) is 1. The van der Waals surface area contributed by atoms with E-state index in [9.17, 15) is 4.79 Å². The van der Waals surface area contributed by atoms with Crippen molar-refractivity contribution in [1.29, 1.82) is 0 Å². The van der Waals surface area contributed by atoms with Gasteiger partial charge < -0.3 is 10.4 Å². The molecular weight excluding hydrogens is 228 g/mol. The van der Waals surface area contributed by atoms with E-state index >= 15 is 0 Å². The summed E-state index contributed by atoms with van der Waals surface area (Å²) in [5.41, 5.74) is 2.45. The third-order valence-corrected chi connectivity index (χ3v) is 2.60. The Hall–Kier alpha value is -2.20. The van der Waals surface area contributed by atoms with E-state index in [1.54, 1.807) is 24.5 Å². The summed E-state index contributed by atoms with van der Waals surface area (Å²) in [5.74, 6) is -0.122. The van der Waals surface area contributed by atoms with Crippen molar-refractivity contribution in [3.8, 4) is 0 Å². The van der Waals surface area contributed by atoms with E-state index in [1.807, 2.05) is 24.3 Å². The highest BCUT2D eigenvalue weighted by molar-refractivity contribution is 5.93. The summed E-state index contributed by atoms with van der Waals surface area (Å²) >= 11 is 0. The van der Waals surface area contributed by atoms with Crippen LogP contribution in [0.25, 0.3) is 0 Å². The van der Waals surface area contributed by atoms with Crippen LogP contribution in [0.5, 0.6) is 0 Å². The highest BCUT2D eigenvalue weighted by atomic mass is 16.3. The van der Waals surface area contributed by atoms with Gasteiger partial charge in [0.15, 0.2) is 0 Å². The molecule has 0 aliphatic carbocycles. The Morgan fingerprint density at radius 3 is 2.28 bits per heavy atom. The number of benzene rings is 1.